The van der Waals surface area contributed by atoms with Gasteiger partial charge in [-0.2, -0.15) is 13.2 Å². The van der Waals surface area contributed by atoms with Crippen molar-refractivity contribution in [3.8, 4) is 12.3 Å². The lowest BCUT2D eigenvalue weighted by molar-refractivity contribution is -0.203. The van der Waals surface area contributed by atoms with E-state index in [-0.39, 0.29) is 24.6 Å². The predicted molar refractivity (Wildman–Crippen MR) is 105 cm³/mol. The van der Waals surface area contributed by atoms with E-state index >= 15 is 0 Å². The molecule has 1 aromatic heterocycles. The van der Waals surface area contributed by atoms with Gasteiger partial charge in [0.05, 0.1) is 6.54 Å². The average molecular weight is 442 g/mol. The first-order chi connectivity index (χ1) is 14.6. The van der Waals surface area contributed by atoms with E-state index in [0.29, 0.717) is 31.2 Å². The Hall–Kier alpha value is -3.24. The zero-order chi connectivity index (χ0) is 22.9. The van der Waals surface area contributed by atoms with E-state index in [0.717, 1.165) is 9.13 Å². The Morgan fingerprint density at radius 3 is 2.55 bits per heavy atom. The van der Waals surface area contributed by atoms with Gasteiger partial charge in [-0.3, -0.25) is 14.3 Å². The fourth-order valence-electron chi connectivity index (χ4n) is 3.64. The SMILES string of the molecule is C#CCn1c(=O)c2c(n(C)c1=O)N(OC(=O)C(F)(F)F)C(N1CCNCC1)N2CC=C. The first-order valence-corrected chi connectivity index (χ1v) is 9.31. The largest absolute Gasteiger partial charge is 0.493 e. The van der Waals surface area contributed by atoms with Crippen LogP contribution in [0.3, 0.4) is 0 Å². The number of hydroxylamine groups is 1. The summed E-state index contributed by atoms with van der Waals surface area (Å²) in [6.45, 7) is 5.17. The van der Waals surface area contributed by atoms with Crippen LogP contribution in [0.2, 0.25) is 0 Å². The quantitative estimate of drug-likeness (QED) is 0.468. The van der Waals surface area contributed by atoms with Gasteiger partial charge in [-0.1, -0.05) is 12.0 Å². The molecule has 0 aromatic carbocycles. The molecule has 1 unspecified atom stereocenters. The van der Waals surface area contributed by atoms with Gasteiger partial charge < -0.3 is 15.1 Å². The highest BCUT2D eigenvalue weighted by Crippen LogP contribution is 2.38. The van der Waals surface area contributed by atoms with Crippen molar-refractivity contribution < 1.29 is 22.8 Å². The molecule has 1 saturated heterocycles. The van der Waals surface area contributed by atoms with Crippen LogP contribution < -0.4 is 26.5 Å². The van der Waals surface area contributed by atoms with Crippen molar-refractivity contribution in [3.05, 3.63) is 33.5 Å². The van der Waals surface area contributed by atoms with Crippen molar-refractivity contribution in [2.75, 3.05) is 42.7 Å². The lowest BCUT2D eigenvalue weighted by atomic mass is 10.3. The van der Waals surface area contributed by atoms with Gasteiger partial charge in [0.1, 0.15) is 0 Å². The molecule has 0 amide bonds. The molecule has 1 fully saturated rings. The zero-order valence-corrected chi connectivity index (χ0v) is 16.7. The average Bonchev–Trinajstić information content (AvgIpc) is 3.03. The minimum Gasteiger partial charge on any atom is -0.327 e. The molecular weight excluding hydrogens is 421 g/mol. The van der Waals surface area contributed by atoms with E-state index in [1.54, 1.807) is 4.90 Å². The molecule has 13 heteroatoms. The number of alkyl halides is 3. The van der Waals surface area contributed by atoms with E-state index in [1.807, 2.05) is 0 Å². The molecule has 31 heavy (non-hydrogen) atoms. The lowest BCUT2D eigenvalue weighted by Gasteiger charge is -2.40. The molecule has 1 N–H and O–H groups in total. The van der Waals surface area contributed by atoms with Crippen LogP contribution in [-0.2, 0) is 23.2 Å². The standard InChI is InChI=1S/C18H21F3N6O4/c1-4-8-25-12-13(23(3)17(30)26(9-5-2)14(12)28)27(31-15(29)18(19,20)21)16(25)24-10-6-22-7-11-24/h2,4,16,22H,1,6-11H2,3H3. The molecule has 3 rings (SSSR count). The molecule has 10 nitrogen and oxygen atoms in total. The Bertz CT molecular complexity index is 1030. The summed E-state index contributed by atoms with van der Waals surface area (Å²) in [6.07, 6.45) is 0.337. The number of rotatable bonds is 5. The zero-order valence-electron chi connectivity index (χ0n) is 16.7. The summed E-state index contributed by atoms with van der Waals surface area (Å²) in [7, 11) is 1.26. The molecule has 0 saturated carbocycles. The third-order valence-corrected chi connectivity index (χ3v) is 4.95. The number of anilines is 2. The van der Waals surface area contributed by atoms with Crippen molar-refractivity contribution in [1.29, 1.82) is 0 Å². The molecule has 168 valence electrons. The van der Waals surface area contributed by atoms with Gasteiger partial charge in [-0.15, -0.1) is 18.1 Å². The van der Waals surface area contributed by atoms with Gasteiger partial charge in [0.25, 0.3) is 5.56 Å². The van der Waals surface area contributed by atoms with Crippen LogP contribution in [0.25, 0.3) is 0 Å². The number of piperazine rings is 1. The molecule has 0 bridgehead atoms. The number of terminal acetylenes is 1. The van der Waals surface area contributed by atoms with Crippen LogP contribution >= 0.6 is 0 Å². The monoisotopic (exact) mass is 442 g/mol. The first kappa shape index (κ1) is 22.4. The summed E-state index contributed by atoms with van der Waals surface area (Å²) in [5, 5.41) is 3.78. The summed E-state index contributed by atoms with van der Waals surface area (Å²) in [6, 6.07) is 0. The molecule has 2 aliphatic heterocycles. The number of fused-ring (bicyclic) bond motifs is 1. The summed E-state index contributed by atoms with van der Waals surface area (Å²) in [5.74, 6) is -0.532. The predicted octanol–water partition coefficient (Wildman–Crippen LogP) is -0.798. The Morgan fingerprint density at radius 1 is 1.35 bits per heavy atom. The van der Waals surface area contributed by atoms with Gasteiger partial charge in [0.15, 0.2) is 17.8 Å². The van der Waals surface area contributed by atoms with Gasteiger partial charge in [-0.05, 0) is 0 Å². The van der Waals surface area contributed by atoms with Crippen molar-refractivity contribution in [3.63, 3.8) is 0 Å². The first-order valence-electron chi connectivity index (χ1n) is 9.31. The van der Waals surface area contributed by atoms with Crippen LogP contribution in [-0.4, -0.2) is 65.2 Å². The maximum absolute atomic E-state index is 13.1. The number of carbonyl (C=O) groups excluding carboxylic acids is 1. The van der Waals surface area contributed by atoms with Gasteiger partial charge in [-0.25, -0.2) is 14.2 Å². The fraction of sp³-hybridized carbons (Fsp3) is 0.500. The number of halogens is 3. The van der Waals surface area contributed by atoms with Gasteiger partial charge in [0, 0.05) is 39.8 Å². The van der Waals surface area contributed by atoms with E-state index < -0.39 is 29.7 Å². The van der Waals surface area contributed by atoms with Crippen LogP contribution in [0, 0.1) is 12.3 Å². The molecule has 1 aromatic rings. The lowest BCUT2D eigenvalue weighted by Crippen LogP contribution is -2.61. The minimum absolute atomic E-state index is 0.0329. The van der Waals surface area contributed by atoms with Crippen LogP contribution in [0.5, 0.6) is 0 Å². The molecular formula is C18H21F3N6O4. The summed E-state index contributed by atoms with van der Waals surface area (Å²) >= 11 is 0. The maximum atomic E-state index is 13.1. The highest BCUT2D eigenvalue weighted by atomic mass is 19.4. The molecule has 2 aliphatic rings. The van der Waals surface area contributed by atoms with E-state index in [4.69, 9.17) is 11.3 Å². The number of nitrogens with zero attached hydrogens (tertiary/aromatic N) is 5. The topological polar surface area (TPSA) is 92.0 Å². The summed E-state index contributed by atoms with van der Waals surface area (Å²) < 4.78 is 40.7. The number of carbonyl (C=O) groups is 1. The number of hydrogen-bond donors (Lipinski definition) is 1. The van der Waals surface area contributed by atoms with E-state index in [1.165, 1.54) is 18.0 Å². The van der Waals surface area contributed by atoms with Crippen LogP contribution in [0.15, 0.2) is 22.2 Å². The number of hydrogen-bond acceptors (Lipinski definition) is 8. The van der Waals surface area contributed by atoms with Crippen molar-refractivity contribution in [2.45, 2.75) is 19.0 Å². The Morgan fingerprint density at radius 2 is 2.00 bits per heavy atom. The second-order valence-electron chi connectivity index (χ2n) is 6.88. The smallest absolute Gasteiger partial charge is 0.327 e. The fourth-order valence-corrected chi connectivity index (χ4v) is 3.64. The van der Waals surface area contributed by atoms with E-state index in [2.05, 4.69) is 17.8 Å². The van der Waals surface area contributed by atoms with E-state index in [9.17, 15) is 27.6 Å². The Kier molecular flexibility index (Phi) is 6.14. The highest BCUT2D eigenvalue weighted by molar-refractivity contribution is 5.80. The molecule has 0 aliphatic carbocycles. The molecule has 1 atom stereocenters. The normalized spacial score (nSPS) is 19.1. The Balaban J connectivity index is 2.25. The minimum atomic E-state index is -5.28. The van der Waals surface area contributed by atoms with Gasteiger partial charge in [0.2, 0.25) is 0 Å². The highest BCUT2D eigenvalue weighted by Gasteiger charge is 2.50. The Labute approximate surface area is 175 Å². The second-order valence-corrected chi connectivity index (χ2v) is 6.88. The van der Waals surface area contributed by atoms with Gasteiger partial charge >= 0.3 is 17.8 Å². The molecule has 0 radical (unpaired) electrons. The second kappa shape index (κ2) is 8.48. The summed E-state index contributed by atoms with van der Waals surface area (Å²) in [4.78, 5) is 45.4. The maximum Gasteiger partial charge on any atom is 0.493 e. The molecule has 0 spiro atoms. The van der Waals surface area contributed by atoms with Crippen molar-refractivity contribution >= 4 is 17.5 Å². The van der Waals surface area contributed by atoms with Crippen molar-refractivity contribution in [1.82, 2.24) is 19.4 Å². The molecule has 3 heterocycles. The summed E-state index contributed by atoms with van der Waals surface area (Å²) in [5.41, 5.74) is -1.77. The number of aromatic nitrogens is 2. The third-order valence-electron chi connectivity index (χ3n) is 4.95. The third kappa shape index (κ3) is 3.91. The van der Waals surface area contributed by atoms with Crippen LogP contribution in [0.4, 0.5) is 24.7 Å². The van der Waals surface area contributed by atoms with Crippen molar-refractivity contribution in [2.24, 2.45) is 7.05 Å². The number of nitrogens with one attached hydrogen (secondary N) is 1. The van der Waals surface area contributed by atoms with Crippen LogP contribution in [0.1, 0.15) is 0 Å².